The number of hydrogen-bond acceptors (Lipinski definition) is 4. The van der Waals surface area contributed by atoms with E-state index in [0.717, 1.165) is 18.6 Å². The molecule has 1 saturated heterocycles. The van der Waals surface area contributed by atoms with E-state index < -0.39 is 11.6 Å². The molecule has 10 heteroatoms. The molecule has 32 heavy (non-hydrogen) atoms. The van der Waals surface area contributed by atoms with Gasteiger partial charge in [0.2, 0.25) is 11.8 Å². The van der Waals surface area contributed by atoms with Gasteiger partial charge in [0.15, 0.2) is 17.5 Å². The number of carbonyl (C=O) groups is 2. The van der Waals surface area contributed by atoms with Crippen molar-refractivity contribution < 1.29 is 23.1 Å². The van der Waals surface area contributed by atoms with Crippen LogP contribution in [0.15, 0.2) is 35.3 Å². The first-order chi connectivity index (χ1) is 15.0. The van der Waals surface area contributed by atoms with E-state index in [9.17, 15) is 18.4 Å². The molecule has 3 aliphatic rings. The standard InChI is InChI=1S/C22H26F2N4O3.HI/c1-25-22(27-8-10-31-17-6-5-15(23)12-16(17)24)26-7-2-9-28-20(29)18-13-3-4-14(11-13)19(18)21(28)30;/h3-6,12-14,18-19H,2,7-11H2,1H3,(H2,25,26,27);1H. The van der Waals surface area contributed by atoms with Crippen molar-refractivity contribution in [2.75, 3.05) is 33.3 Å². The molecule has 4 atom stereocenters. The van der Waals surface area contributed by atoms with Gasteiger partial charge in [0, 0.05) is 26.2 Å². The number of allylic oxidation sites excluding steroid dienone is 2. The van der Waals surface area contributed by atoms with Crippen molar-refractivity contribution >= 4 is 41.8 Å². The molecule has 174 valence electrons. The van der Waals surface area contributed by atoms with Gasteiger partial charge in [0.25, 0.3) is 0 Å². The van der Waals surface area contributed by atoms with E-state index in [1.807, 2.05) is 0 Å². The number of rotatable bonds is 8. The molecule has 7 nitrogen and oxygen atoms in total. The average molecular weight is 560 g/mol. The summed E-state index contributed by atoms with van der Waals surface area (Å²) in [6, 6.07) is 3.15. The van der Waals surface area contributed by atoms with Crippen LogP contribution in [0.1, 0.15) is 12.8 Å². The molecule has 1 aliphatic heterocycles. The van der Waals surface area contributed by atoms with E-state index in [0.29, 0.717) is 32.0 Å². The summed E-state index contributed by atoms with van der Waals surface area (Å²) in [4.78, 5) is 30.8. The zero-order valence-corrected chi connectivity index (χ0v) is 20.1. The molecule has 1 saturated carbocycles. The van der Waals surface area contributed by atoms with Gasteiger partial charge < -0.3 is 15.4 Å². The maximum atomic E-state index is 13.5. The van der Waals surface area contributed by atoms with Crippen molar-refractivity contribution in [2.45, 2.75) is 12.8 Å². The van der Waals surface area contributed by atoms with Crippen LogP contribution in [0.2, 0.25) is 0 Å². The quantitative estimate of drug-likeness (QED) is 0.127. The lowest BCUT2D eigenvalue weighted by Gasteiger charge is -2.18. The molecule has 0 radical (unpaired) electrons. The Morgan fingerprint density at radius 2 is 1.78 bits per heavy atom. The summed E-state index contributed by atoms with van der Waals surface area (Å²) in [5.41, 5.74) is 0. The number of amides is 2. The molecular formula is C22H27F2IN4O3. The summed E-state index contributed by atoms with van der Waals surface area (Å²) in [5, 5.41) is 6.15. The van der Waals surface area contributed by atoms with Crippen LogP contribution in [0, 0.1) is 35.3 Å². The molecule has 0 aromatic heterocycles. The third-order valence-corrected chi connectivity index (χ3v) is 6.18. The lowest BCUT2D eigenvalue weighted by molar-refractivity contribution is -0.140. The highest BCUT2D eigenvalue weighted by Gasteiger charge is 2.58. The molecule has 2 aliphatic carbocycles. The predicted molar refractivity (Wildman–Crippen MR) is 126 cm³/mol. The monoisotopic (exact) mass is 560 g/mol. The van der Waals surface area contributed by atoms with Crippen LogP contribution in [-0.2, 0) is 9.59 Å². The summed E-state index contributed by atoms with van der Waals surface area (Å²) in [5.74, 6) is -0.809. The number of halogens is 3. The van der Waals surface area contributed by atoms with E-state index in [2.05, 4.69) is 27.8 Å². The van der Waals surface area contributed by atoms with Crippen molar-refractivity contribution in [3.63, 3.8) is 0 Å². The van der Waals surface area contributed by atoms with Gasteiger partial charge in [-0.3, -0.25) is 19.5 Å². The first-order valence-electron chi connectivity index (χ1n) is 10.6. The van der Waals surface area contributed by atoms with Gasteiger partial charge in [-0.1, -0.05) is 12.2 Å². The van der Waals surface area contributed by atoms with Crippen molar-refractivity contribution in [3.05, 3.63) is 42.0 Å². The molecular weight excluding hydrogens is 533 g/mol. The summed E-state index contributed by atoms with van der Waals surface area (Å²) in [6.45, 7) is 1.45. The Bertz CT molecular complexity index is 896. The van der Waals surface area contributed by atoms with Gasteiger partial charge in [-0.15, -0.1) is 24.0 Å². The minimum absolute atomic E-state index is 0. The number of ether oxygens (including phenoxy) is 1. The highest BCUT2D eigenvalue weighted by atomic mass is 127. The molecule has 1 aromatic rings. The zero-order valence-electron chi connectivity index (χ0n) is 17.7. The van der Waals surface area contributed by atoms with Crippen LogP contribution in [0.4, 0.5) is 8.78 Å². The molecule has 2 amide bonds. The topological polar surface area (TPSA) is 83.0 Å². The Hall–Kier alpha value is -2.24. The molecule has 0 spiro atoms. The van der Waals surface area contributed by atoms with Gasteiger partial charge in [0.1, 0.15) is 12.4 Å². The summed E-state index contributed by atoms with van der Waals surface area (Å²) in [6.07, 6.45) is 5.72. The number of hydrogen-bond donors (Lipinski definition) is 2. The molecule has 4 unspecified atom stereocenters. The first kappa shape index (κ1) is 24.4. The van der Waals surface area contributed by atoms with Crippen molar-refractivity contribution in [2.24, 2.45) is 28.7 Å². The van der Waals surface area contributed by atoms with Crippen LogP contribution in [-0.4, -0.2) is 56.0 Å². The van der Waals surface area contributed by atoms with E-state index in [4.69, 9.17) is 4.74 Å². The third-order valence-electron chi connectivity index (χ3n) is 6.18. The number of fused-ring (bicyclic) bond motifs is 5. The number of imide groups is 1. The fourth-order valence-corrected chi connectivity index (χ4v) is 4.77. The minimum Gasteiger partial charge on any atom is -0.489 e. The van der Waals surface area contributed by atoms with Crippen LogP contribution in [0.5, 0.6) is 5.75 Å². The van der Waals surface area contributed by atoms with E-state index in [-0.39, 0.29) is 71.8 Å². The predicted octanol–water partition coefficient (Wildman–Crippen LogP) is 2.32. The zero-order chi connectivity index (χ0) is 22.0. The van der Waals surface area contributed by atoms with Crippen molar-refractivity contribution in [1.82, 2.24) is 15.5 Å². The lowest BCUT2D eigenvalue weighted by atomic mass is 9.85. The van der Waals surface area contributed by atoms with Gasteiger partial charge in [-0.05, 0) is 36.8 Å². The number of aliphatic imine (C=N–C) groups is 1. The van der Waals surface area contributed by atoms with Crippen LogP contribution < -0.4 is 15.4 Å². The van der Waals surface area contributed by atoms with Gasteiger partial charge in [0.05, 0.1) is 18.4 Å². The number of carbonyl (C=O) groups excluding carboxylic acids is 2. The number of nitrogens with one attached hydrogen (secondary N) is 2. The van der Waals surface area contributed by atoms with Crippen LogP contribution in [0.3, 0.4) is 0 Å². The average Bonchev–Trinajstić information content (AvgIpc) is 3.43. The van der Waals surface area contributed by atoms with E-state index in [1.54, 1.807) is 7.05 Å². The molecule has 1 heterocycles. The number of benzene rings is 1. The molecule has 2 N–H and O–H groups in total. The third kappa shape index (κ3) is 4.89. The fraction of sp³-hybridized carbons (Fsp3) is 0.500. The highest BCUT2D eigenvalue weighted by Crippen LogP contribution is 2.52. The van der Waals surface area contributed by atoms with E-state index in [1.165, 1.54) is 11.0 Å². The maximum Gasteiger partial charge on any atom is 0.233 e. The number of nitrogens with zero attached hydrogens (tertiary/aromatic N) is 2. The van der Waals surface area contributed by atoms with Gasteiger partial charge in [-0.25, -0.2) is 8.78 Å². The largest absolute Gasteiger partial charge is 0.489 e. The minimum atomic E-state index is -0.749. The molecule has 2 fully saturated rings. The maximum absolute atomic E-state index is 13.5. The Kier molecular flexibility index (Phi) is 8.07. The second-order valence-electron chi connectivity index (χ2n) is 8.03. The summed E-state index contributed by atoms with van der Waals surface area (Å²) < 4.78 is 31.7. The Balaban J connectivity index is 0.00000289. The molecule has 4 rings (SSSR count). The molecule has 1 aromatic carbocycles. The number of likely N-dealkylation sites (tertiary alicyclic amines) is 1. The highest BCUT2D eigenvalue weighted by molar-refractivity contribution is 14.0. The smallest absolute Gasteiger partial charge is 0.233 e. The van der Waals surface area contributed by atoms with Crippen LogP contribution >= 0.6 is 24.0 Å². The fourth-order valence-electron chi connectivity index (χ4n) is 4.77. The number of guanidine groups is 1. The van der Waals surface area contributed by atoms with Gasteiger partial charge in [-0.2, -0.15) is 0 Å². The second-order valence-corrected chi connectivity index (χ2v) is 8.03. The normalized spacial score (nSPS) is 25.7. The Morgan fingerprint density at radius 3 is 2.41 bits per heavy atom. The molecule has 2 bridgehead atoms. The van der Waals surface area contributed by atoms with Crippen molar-refractivity contribution in [1.29, 1.82) is 0 Å². The Labute approximate surface area is 202 Å². The van der Waals surface area contributed by atoms with Crippen LogP contribution in [0.25, 0.3) is 0 Å². The SMILES string of the molecule is CN=C(NCCCN1C(=O)C2C3C=CC(C3)C2C1=O)NCCOc1ccc(F)cc1F.I. The van der Waals surface area contributed by atoms with Crippen molar-refractivity contribution in [3.8, 4) is 5.75 Å². The lowest BCUT2D eigenvalue weighted by Crippen LogP contribution is -2.41. The Morgan fingerprint density at radius 1 is 1.12 bits per heavy atom. The second kappa shape index (κ2) is 10.6. The first-order valence-corrected chi connectivity index (χ1v) is 10.6. The summed E-state index contributed by atoms with van der Waals surface area (Å²) >= 11 is 0. The van der Waals surface area contributed by atoms with E-state index >= 15 is 0 Å². The summed E-state index contributed by atoms with van der Waals surface area (Å²) in [7, 11) is 1.62. The van der Waals surface area contributed by atoms with Gasteiger partial charge >= 0.3 is 0 Å².